The minimum Gasteiger partial charge on any atom is -0.327 e. The van der Waals surface area contributed by atoms with Crippen LogP contribution in [0, 0.1) is 11.3 Å². The van der Waals surface area contributed by atoms with Crippen LogP contribution in [-0.4, -0.2) is 9.55 Å². The van der Waals surface area contributed by atoms with Crippen molar-refractivity contribution in [2.75, 3.05) is 0 Å². The van der Waals surface area contributed by atoms with Crippen molar-refractivity contribution in [3.05, 3.63) is 42.7 Å². The van der Waals surface area contributed by atoms with Crippen molar-refractivity contribution in [2.24, 2.45) is 0 Å². The Labute approximate surface area is 101 Å². The van der Waals surface area contributed by atoms with E-state index in [1.807, 2.05) is 24.3 Å². The summed E-state index contributed by atoms with van der Waals surface area (Å²) in [5.74, 6) is 0.859. The van der Waals surface area contributed by atoms with Gasteiger partial charge in [0.15, 0.2) is 0 Å². The second-order valence-electron chi connectivity index (χ2n) is 3.93. The van der Waals surface area contributed by atoms with Crippen LogP contribution in [0.4, 0.5) is 0 Å². The monoisotopic (exact) mass is 225 g/mol. The predicted octanol–water partition coefficient (Wildman–Crippen LogP) is 3.07. The molecule has 0 radical (unpaired) electrons. The highest BCUT2D eigenvalue weighted by Gasteiger charge is 2.08. The van der Waals surface area contributed by atoms with Crippen LogP contribution in [0.15, 0.2) is 36.9 Å². The van der Waals surface area contributed by atoms with Crippen LogP contribution in [-0.2, 0) is 13.0 Å². The SMILES string of the molecule is C=CCCCn1c(CC#N)nc2ccccc21. The van der Waals surface area contributed by atoms with Crippen LogP contribution in [0.2, 0.25) is 0 Å². The van der Waals surface area contributed by atoms with Gasteiger partial charge >= 0.3 is 0 Å². The number of imidazole rings is 1. The molecule has 2 rings (SSSR count). The molecule has 0 spiro atoms. The maximum absolute atomic E-state index is 8.82. The average Bonchev–Trinajstić information content (AvgIpc) is 2.69. The van der Waals surface area contributed by atoms with Gasteiger partial charge in [-0.1, -0.05) is 18.2 Å². The molecule has 86 valence electrons. The summed E-state index contributed by atoms with van der Waals surface area (Å²) in [5.41, 5.74) is 2.08. The number of unbranched alkanes of at least 4 members (excludes halogenated alkanes) is 1. The second-order valence-corrected chi connectivity index (χ2v) is 3.93. The molecule has 0 unspecified atom stereocenters. The second kappa shape index (κ2) is 5.31. The van der Waals surface area contributed by atoms with Gasteiger partial charge in [0.1, 0.15) is 5.82 Å². The summed E-state index contributed by atoms with van der Waals surface area (Å²) in [7, 11) is 0. The Morgan fingerprint density at radius 1 is 1.41 bits per heavy atom. The number of nitriles is 1. The number of aryl methyl sites for hydroxylation is 1. The first kappa shape index (κ1) is 11.4. The minimum atomic E-state index is 0.364. The number of rotatable bonds is 5. The summed E-state index contributed by atoms with van der Waals surface area (Å²) in [5, 5.41) is 8.82. The molecule has 0 N–H and O–H groups in total. The highest BCUT2D eigenvalue weighted by atomic mass is 15.1. The molecular formula is C14H15N3. The third-order valence-corrected chi connectivity index (χ3v) is 2.76. The van der Waals surface area contributed by atoms with Crippen molar-refractivity contribution in [2.45, 2.75) is 25.8 Å². The first-order valence-electron chi connectivity index (χ1n) is 5.79. The Bertz CT molecular complexity index is 560. The molecule has 0 aliphatic carbocycles. The first-order chi connectivity index (χ1) is 8.36. The first-order valence-corrected chi connectivity index (χ1v) is 5.79. The largest absolute Gasteiger partial charge is 0.327 e. The molecular weight excluding hydrogens is 210 g/mol. The van der Waals surface area contributed by atoms with Crippen molar-refractivity contribution in [1.82, 2.24) is 9.55 Å². The van der Waals surface area contributed by atoms with Gasteiger partial charge < -0.3 is 4.57 Å². The van der Waals surface area contributed by atoms with Gasteiger partial charge in [0, 0.05) is 6.54 Å². The van der Waals surface area contributed by atoms with E-state index in [-0.39, 0.29) is 0 Å². The third kappa shape index (κ3) is 2.36. The Balaban J connectivity index is 2.37. The standard InChI is InChI=1S/C14H15N3/c1-2-3-6-11-17-13-8-5-4-7-12(13)16-14(17)9-10-15/h2,4-5,7-8H,1,3,6,9,11H2. The van der Waals surface area contributed by atoms with Crippen molar-refractivity contribution in [3.63, 3.8) is 0 Å². The van der Waals surface area contributed by atoms with Gasteiger partial charge in [0.2, 0.25) is 0 Å². The molecule has 0 bridgehead atoms. The predicted molar refractivity (Wildman–Crippen MR) is 68.5 cm³/mol. The van der Waals surface area contributed by atoms with Gasteiger partial charge in [0.25, 0.3) is 0 Å². The molecule has 0 aliphatic rings. The Hall–Kier alpha value is -2.08. The zero-order valence-electron chi connectivity index (χ0n) is 9.76. The molecule has 17 heavy (non-hydrogen) atoms. The van der Waals surface area contributed by atoms with E-state index in [2.05, 4.69) is 28.3 Å². The van der Waals surface area contributed by atoms with E-state index in [4.69, 9.17) is 5.26 Å². The van der Waals surface area contributed by atoms with Gasteiger partial charge in [-0.3, -0.25) is 0 Å². The van der Waals surface area contributed by atoms with Gasteiger partial charge in [-0.05, 0) is 25.0 Å². The number of benzene rings is 1. The lowest BCUT2D eigenvalue weighted by molar-refractivity contribution is 0.642. The molecule has 0 atom stereocenters. The van der Waals surface area contributed by atoms with Gasteiger partial charge in [-0.15, -0.1) is 6.58 Å². The lowest BCUT2D eigenvalue weighted by Crippen LogP contribution is -2.03. The molecule has 0 aliphatic heterocycles. The molecule has 0 fully saturated rings. The van der Waals surface area contributed by atoms with E-state index >= 15 is 0 Å². The number of allylic oxidation sites excluding steroid dienone is 1. The van der Waals surface area contributed by atoms with E-state index in [1.54, 1.807) is 0 Å². The van der Waals surface area contributed by atoms with Crippen LogP contribution in [0.1, 0.15) is 18.7 Å². The lowest BCUT2D eigenvalue weighted by atomic mass is 10.3. The topological polar surface area (TPSA) is 41.6 Å². The Kier molecular flexibility index (Phi) is 3.56. The van der Waals surface area contributed by atoms with Gasteiger partial charge in [0.05, 0.1) is 23.5 Å². The molecule has 2 aromatic rings. The number of nitrogens with zero attached hydrogens (tertiary/aromatic N) is 3. The summed E-state index contributed by atoms with van der Waals surface area (Å²) in [6.07, 6.45) is 4.30. The molecule has 1 aromatic carbocycles. The van der Waals surface area contributed by atoms with E-state index < -0.39 is 0 Å². The molecule has 3 nitrogen and oxygen atoms in total. The van der Waals surface area contributed by atoms with Gasteiger partial charge in [-0.2, -0.15) is 5.26 Å². The van der Waals surface area contributed by atoms with Crippen LogP contribution in [0.5, 0.6) is 0 Å². The zero-order chi connectivity index (χ0) is 12.1. The van der Waals surface area contributed by atoms with Crippen molar-refractivity contribution < 1.29 is 0 Å². The molecule has 1 aromatic heterocycles. The maximum atomic E-state index is 8.82. The number of aromatic nitrogens is 2. The Morgan fingerprint density at radius 3 is 3.00 bits per heavy atom. The van der Waals surface area contributed by atoms with Crippen LogP contribution >= 0.6 is 0 Å². The highest BCUT2D eigenvalue weighted by molar-refractivity contribution is 5.75. The quantitative estimate of drug-likeness (QED) is 0.579. The third-order valence-electron chi connectivity index (χ3n) is 2.76. The van der Waals surface area contributed by atoms with Crippen molar-refractivity contribution in [1.29, 1.82) is 5.26 Å². The summed E-state index contributed by atoms with van der Waals surface area (Å²) in [4.78, 5) is 4.50. The van der Waals surface area contributed by atoms with E-state index in [1.165, 1.54) is 0 Å². The fourth-order valence-corrected chi connectivity index (χ4v) is 1.97. The number of hydrogen-bond acceptors (Lipinski definition) is 2. The molecule has 0 saturated carbocycles. The molecule has 1 heterocycles. The summed E-state index contributed by atoms with van der Waals surface area (Å²) in [6, 6.07) is 10.2. The Morgan fingerprint density at radius 2 is 2.24 bits per heavy atom. The number of hydrogen-bond donors (Lipinski definition) is 0. The smallest absolute Gasteiger partial charge is 0.124 e. The van der Waals surface area contributed by atoms with Crippen LogP contribution < -0.4 is 0 Å². The fraction of sp³-hybridized carbons (Fsp3) is 0.286. The summed E-state index contributed by atoms with van der Waals surface area (Å²) >= 11 is 0. The number of fused-ring (bicyclic) bond motifs is 1. The normalized spacial score (nSPS) is 10.3. The minimum absolute atomic E-state index is 0.364. The van der Waals surface area contributed by atoms with Crippen molar-refractivity contribution in [3.8, 4) is 6.07 Å². The van der Waals surface area contributed by atoms with E-state index in [0.717, 1.165) is 36.2 Å². The highest BCUT2D eigenvalue weighted by Crippen LogP contribution is 2.17. The maximum Gasteiger partial charge on any atom is 0.124 e. The number of para-hydroxylation sites is 2. The summed E-state index contributed by atoms with van der Waals surface area (Å²) < 4.78 is 2.14. The molecule has 0 saturated heterocycles. The average molecular weight is 225 g/mol. The molecule has 0 amide bonds. The van der Waals surface area contributed by atoms with E-state index in [0.29, 0.717) is 6.42 Å². The lowest BCUT2D eigenvalue weighted by Gasteiger charge is -2.06. The fourth-order valence-electron chi connectivity index (χ4n) is 1.97. The van der Waals surface area contributed by atoms with Crippen LogP contribution in [0.25, 0.3) is 11.0 Å². The van der Waals surface area contributed by atoms with Gasteiger partial charge in [-0.25, -0.2) is 4.98 Å². The molecule has 3 heteroatoms. The zero-order valence-corrected chi connectivity index (χ0v) is 9.76. The summed E-state index contributed by atoms with van der Waals surface area (Å²) in [6.45, 7) is 4.62. The van der Waals surface area contributed by atoms with Crippen LogP contribution in [0.3, 0.4) is 0 Å². The van der Waals surface area contributed by atoms with E-state index in [9.17, 15) is 0 Å². The van der Waals surface area contributed by atoms with Crippen molar-refractivity contribution >= 4 is 11.0 Å².